The molecule has 0 saturated heterocycles. The van der Waals surface area contributed by atoms with E-state index in [4.69, 9.17) is 11.6 Å². The van der Waals surface area contributed by atoms with Gasteiger partial charge in [-0.2, -0.15) is 0 Å². The quantitative estimate of drug-likeness (QED) is 0.788. The minimum absolute atomic E-state index is 0.332. The highest BCUT2D eigenvalue weighted by molar-refractivity contribution is 6.18. The summed E-state index contributed by atoms with van der Waals surface area (Å²) < 4.78 is 24.7. The van der Waals surface area contributed by atoms with Crippen molar-refractivity contribution in [1.82, 2.24) is 4.98 Å². The summed E-state index contributed by atoms with van der Waals surface area (Å²) in [4.78, 5) is 5.81. The summed E-state index contributed by atoms with van der Waals surface area (Å²) in [6.45, 7) is -0.340. The summed E-state index contributed by atoms with van der Waals surface area (Å²) >= 11 is 5.89. The topological polar surface area (TPSA) is 16.1 Å². The molecule has 2 aromatic rings. The third-order valence-electron chi connectivity index (χ3n) is 2.74. The molecule has 18 heavy (non-hydrogen) atoms. The summed E-state index contributed by atoms with van der Waals surface area (Å²) in [6.07, 6.45) is -2.39. The van der Waals surface area contributed by atoms with Crippen molar-refractivity contribution >= 4 is 28.3 Å². The fourth-order valence-electron chi connectivity index (χ4n) is 1.84. The predicted octanol–water partition coefficient (Wildman–Crippen LogP) is 3.67. The van der Waals surface area contributed by atoms with Crippen LogP contribution in [0.1, 0.15) is 5.56 Å². The lowest BCUT2D eigenvalue weighted by molar-refractivity contribution is 0.156. The Bertz CT molecular complexity index is 546. The Morgan fingerprint density at radius 2 is 2.06 bits per heavy atom. The molecule has 0 aliphatic carbocycles. The van der Waals surface area contributed by atoms with E-state index >= 15 is 0 Å². The normalized spacial score (nSPS) is 11.2. The van der Waals surface area contributed by atoms with Crippen molar-refractivity contribution in [1.29, 1.82) is 0 Å². The third-order valence-corrected chi connectivity index (χ3v) is 3.02. The van der Waals surface area contributed by atoms with Crippen molar-refractivity contribution < 1.29 is 8.78 Å². The van der Waals surface area contributed by atoms with Gasteiger partial charge in [-0.3, -0.25) is 0 Å². The van der Waals surface area contributed by atoms with Crippen LogP contribution in [0.3, 0.4) is 0 Å². The van der Waals surface area contributed by atoms with Crippen molar-refractivity contribution in [2.24, 2.45) is 0 Å². The van der Waals surface area contributed by atoms with Crippen molar-refractivity contribution in [3.05, 3.63) is 35.9 Å². The van der Waals surface area contributed by atoms with Crippen LogP contribution >= 0.6 is 11.6 Å². The van der Waals surface area contributed by atoms with E-state index in [1.807, 2.05) is 24.3 Å². The molecule has 0 fully saturated rings. The second kappa shape index (κ2) is 5.48. The fraction of sp³-hybridized carbons (Fsp3) is 0.308. The summed E-state index contributed by atoms with van der Waals surface area (Å²) in [5.41, 5.74) is 1.67. The van der Waals surface area contributed by atoms with Crippen LogP contribution in [0.5, 0.6) is 0 Å². The summed E-state index contributed by atoms with van der Waals surface area (Å²) in [6, 6.07) is 9.31. The van der Waals surface area contributed by atoms with Gasteiger partial charge >= 0.3 is 0 Å². The van der Waals surface area contributed by atoms with Crippen molar-refractivity contribution in [2.75, 3.05) is 18.5 Å². The van der Waals surface area contributed by atoms with Gasteiger partial charge in [0.15, 0.2) is 0 Å². The lowest BCUT2D eigenvalue weighted by Gasteiger charge is -2.19. The van der Waals surface area contributed by atoms with E-state index in [-0.39, 0.29) is 6.54 Å². The molecule has 0 aliphatic rings. The Labute approximate surface area is 109 Å². The van der Waals surface area contributed by atoms with Gasteiger partial charge in [-0.1, -0.05) is 18.2 Å². The number of anilines is 1. The second-order valence-corrected chi connectivity index (χ2v) is 4.33. The average Bonchev–Trinajstić information content (AvgIpc) is 2.36. The molecule has 2 rings (SSSR count). The van der Waals surface area contributed by atoms with Gasteiger partial charge in [-0.25, -0.2) is 13.8 Å². The summed E-state index contributed by atoms with van der Waals surface area (Å²) in [5.74, 6) is 0.850. The molecule has 0 unspecified atom stereocenters. The Hall–Kier alpha value is -1.42. The molecule has 0 atom stereocenters. The Morgan fingerprint density at radius 1 is 1.33 bits per heavy atom. The molecule has 0 spiro atoms. The van der Waals surface area contributed by atoms with Gasteiger partial charge in [-0.15, -0.1) is 11.6 Å². The van der Waals surface area contributed by atoms with E-state index in [9.17, 15) is 8.78 Å². The zero-order valence-corrected chi connectivity index (χ0v) is 10.7. The number of hydrogen-bond donors (Lipinski definition) is 0. The highest BCUT2D eigenvalue weighted by atomic mass is 35.5. The first-order valence-corrected chi connectivity index (χ1v) is 6.09. The highest BCUT2D eigenvalue weighted by Gasteiger charge is 2.12. The number of hydrogen-bond acceptors (Lipinski definition) is 2. The molecule has 0 aliphatic heterocycles. The molecule has 1 heterocycles. The molecule has 0 N–H and O–H groups in total. The number of aromatic nitrogens is 1. The second-order valence-electron chi connectivity index (χ2n) is 4.06. The number of fused-ring (bicyclic) bond motifs is 1. The maximum atomic E-state index is 12.4. The van der Waals surface area contributed by atoms with Crippen molar-refractivity contribution in [2.45, 2.75) is 12.3 Å². The van der Waals surface area contributed by atoms with E-state index in [0.29, 0.717) is 11.7 Å². The zero-order chi connectivity index (χ0) is 13.1. The molecule has 0 saturated carbocycles. The first kappa shape index (κ1) is 13.0. The Morgan fingerprint density at radius 3 is 2.72 bits per heavy atom. The average molecular weight is 271 g/mol. The van der Waals surface area contributed by atoms with Gasteiger partial charge in [0, 0.05) is 18.3 Å². The van der Waals surface area contributed by atoms with E-state index in [1.54, 1.807) is 13.1 Å². The number of nitrogens with zero attached hydrogens (tertiary/aromatic N) is 2. The van der Waals surface area contributed by atoms with Crippen molar-refractivity contribution in [3.63, 3.8) is 0 Å². The minimum atomic E-state index is -2.39. The van der Waals surface area contributed by atoms with E-state index in [2.05, 4.69) is 4.98 Å². The minimum Gasteiger partial charge on any atom is -0.354 e. The molecular formula is C13H13ClF2N2. The maximum absolute atomic E-state index is 12.4. The first-order valence-electron chi connectivity index (χ1n) is 5.55. The molecule has 1 aromatic carbocycles. The van der Waals surface area contributed by atoms with Gasteiger partial charge in [-0.05, 0) is 17.7 Å². The third kappa shape index (κ3) is 2.70. The molecular weight excluding hydrogens is 258 g/mol. The molecule has 96 valence electrons. The Kier molecular flexibility index (Phi) is 3.97. The van der Waals surface area contributed by atoms with Crippen LogP contribution in [-0.2, 0) is 5.88 Å². The molecule has 0 amide bonds. The van der Waals surface area contributed by atoms with Crippen LogP contribution in [-0.4, -0.2) is 25.0 Å². The van der Waals surface area contributed by atoms with E-state index in [0.717, 1.165) is 16.5 Å². The highest BCUT2D eigenvalue weighted by Crippen LogP contribution is 2.24. The van der Waals surface area contributed by atoms with Gasteiger partial charge in [0.2, 0.25) is 0 Å². The first-order chi connectivity index (χ1) is 8.61. The largest absolute Gasteiger partial charge is 0.354 e. The summed E-state index contributed by atoms with van der Waals surface area (Å²) in [7, 11) is 1.60. The predicted molar refractivity (Wildman–Crippen MR) is 70.6 cm³/mol. The SMILES string of the molecule is CN(CC(F)F)c1cc(CCl)c2ccccc2n1. The van der Waals surface area contributed by atoms with Crippen molar-refractivity contribution in [3.8, 4) is 0 Å². The zero-order valence-electron chi connectivity index (χ0n) is 9.91. The van der Waals surface area contributed by atoms with Gasteiger partial charge in [0.1, 0.15) is 5.82 Å². The molecule has 2 nitrogen and oxygen atoms in total. The lowest BCUT2D eigenvalue weighted by Crippen LogP contribution is -2.25. The number of pyridine rings is 1. The molecule has 0 radical (unpaired) electrons. The fourth-order valence-corrected chi connectivity index (χ4v) is 2.06. The van der Waals surface area contributed by atoms with Crippen LogP contribution < -0.4 is 4.90 Å². The van der Waals surface area contributed by atoms with Crippen LogP contribution in [0.2, 0.25) is 0 Å². The number of alkyl halides is 3. The van der Waals surface area contributed by atoms with Crippen LogP contribution in [0.25, 0.3) is 10.9 Å². The molecule has 0 bridgehead atoms. The van der Waals surface area contributed by atoms with Gasteiger partial charge in [0.05, 0.1) is 12.1 Å². The van der Waals surface area contributed by atoms with Crippen LogP contribution in [0.4, 0.5) is 14.6 Å². The number of rotatable bonds is 4. The van der Waals surface area contributed by atoms with Gasteiger partial charge < -0.3 is 4.90 Å². The monoisotopic (exact) mass is 270 g/mol. The van der Waals surface area contributed by atoms with Gasteiger partial charge in [0.25, 0.3) is 6.43 Å². The molecule has 1 aromatic heterocycles. The number of halogens is 3. The lowest BCUT2D eigenvalue weighted by atomic mass is 10.1. The van der Waals surface area contributed by atoms with Crippen LogP contribution in [0, 0.1) is 0 Å². The van der Waals surface area contributed by atoms with E-state index < -0.39 is 6.43 Å². The summed E-state index contributed by atoms with van der Waals surface area (Å²) in [5, 5.41) is 0.960. The Balaban J connectivity index is 2.46. The van der Waals surface area contributed by atoms with E-state index in [1.165, 1.54) is 4.90 Å². The van der Waals surface area contributed by atoms with Crippen LogP contribution in [0.15, 0.2) is 30.3 Å². The molecule has 5 heteroatoms. The number of para-hydroxylation sites is 1. The maximum Gasteiger partial charge on any atom is 0.255 e. The smallest absolute Gasteiger partial charge is 0.255 e. The number of benzene rings is 1. The standard InChI is InChI=1S/C13H13ClF2N2/c1-18(8-12(15)16)13-6-9(7-14)10-4-2-3-5-11(10)17-13/h2-6,12H,7-8H2,1H3.